The molecule has 0 aromatic heterocycles. The molecule has 2 atom stereocenters. The molecule has 2 heteroatoms. The first-order chi connectivity index (χ1) is 5.20. The molecule has 0 aromatic carbocycles. The highest BCUT2D eigenvalue weighted by atomic mass is 16.5. The van der Waals surface area contributed by atoms with Crippen LogP contribution in [0.2, 0.25) is 0 Å². The molecule has 11 heavy (non-hydrogen) atoms. The molecule has 0 amide bonds. The second kappa shape index (κ2) is 3.37. The Morgan fingerprint density at radius 2 is 2.45 bits per heavy atom. The zero-order valence-electron chi connectivity index (χ0n) is 7.25. The summed E-state index contributed by atoms with van der Waals surface area (Å²) in [5.41, 5.74) is 0. The average Bonchev–Trinajstić information content (AvgIpc) is 2.05. The number of quaternary nitrogens is 1. The second-order valence-corrected chi connectivity index (χ2v) is 3.46. The van der Waals surface area contributed by atoms with Crippen LogP contribution in [0.25, 0.3) is 0 Å². The van der Waals surface area contributed by atoms with Gasteiger partial charge in [-0.15, -0.1) is 0 Å². The molecule has 1 aliphatic heterocycles. The molecule has 1 saturated heterocycles. The lowest BCUT2D eigenvalue weighted by Crippen LogP contribution is -2.44. The molecule has 64 valence electrons. The van der Waals surface area contributed by atoms with Gasteiger partial charge in [-0.2, -0.15) is 0 Å². The van der Waals surface area contributed by atoms with Gasteiger partial charge in [0.1, 0.15) is 0 Å². The van der Waals surface area contributed by atoms with Gasteiger partial charge in [0.05, 0.1) is 19.3 Å². The quantitative estimate of drug-likeness (QED) is 0.443. The maximum Gasteiger partial charge on any atom is 0.0885 e. The number of rotatable bonds is 2. The molecule has 0 saturated carbocycles. The molecule has 0 aliphatic carbocycles. The van der Waals surface area contributed by atoms with Gasteiger partial charge in [0.25, 0.3) is 0 Å². The lowest BCUT2D eigenvalue weighted by molar-refractivity contribution is -0.838. The van der Waals surface area contributed by atoms with Crippen LogP contribution in [-0.2, 0) is 0 Å². The first-order valence-electron chi connectivity index (χ1n) is 4.41. The summed E-state index contributed by atoms with van der Waals surface area (Å²) in [5.74, 6) is 0.624. The third-order valence-corrected chi connectivity index (χ3v) is 2.63. The highest BCUT2D eigenvalue weighted by Crippen LogP contribution is 2.24. The second-order valence-electron chi connectivity index (χ2n) is 3.46. The average molecular weight is 155 g/mol. The van der Waals surface area contributed by atoms with E-state index in [1.807, 2.05) is 0 Å². The van der Waals surface area contributed by atoms with Crippen LogP contribution in [0.5, 0.6) is 0 Å². The van der Waals surface area contributed by atoms with Gasteiger partial charge in [0, 0.05) is 5.92 Å². The van der Waals surface area contributed by atoms with Gasteiger partial charge in [-0.25, -0.2) is 0 Å². The summed E-state index contributed by atoms with van der Waals surface area (Å²) in [5, 5.41) is 11.7. The zero-order chi connectivity index (χ0) is 8.32. The summed E-state index contributed by atoms with van der Waals surface area (Å²) < 4.78 is -0.168. The van der Waals surface area contributed by atoms with Crippen LogP contribution >= 0.6 is 0 Å². The van der Waals surface area contributed by atoms with E-state index in [4.69, 9.17) is 0 Å². The van der Waals surface area contributed by atoms with Crippen LogP contribution in [0, 0.1) is 11.1 Å². The monoisotopic (exact) mass is 155 g/mol. The minimum atomic E-state index is -0.168. The third kappa shape index (κ3) is 2.04. The highest BCUT2D eigenvalue weighted by molar-refractivity contribution is 4.68. The Morgan fingerprint density at radius 3 is 3.00 bits per heavy atom. The number of hydrogen-bond acceptors (Lipinski definition) is 1. The van der Waals surface area contributed by atoms with Crippen LogP contribution < -0.4 is 0 Å². The molecule has 2 unspecified atom stereocenters. The van der Waals surface area contributed by atoms with E-state index in [9.17, 15) is 5.21 Å². The van der Waals surface area contributed by atoms with Crippen molar-refractivity contribution < 1.29 is 4.65 Å². The van der Waals surface area contributed by atoms with E-state index < -0.39 is 0 Å². The van der Waals surface area contributed by atoms with Crippen molar-refractivity contribution >= 4 is 0 Å². The number of likely N-dealkylation sites (tertiary alicyclic amines) is 1. The summed E-state index contributed by atoms with van der Waals surface area (Å²) in [6.45, 7) is 7.23. The van der Waals surface area contributed by atoms with Gasteiger partial charge in [-0.3, -0.25) is 0 Å². The van der Waals surface area contributed by atoms with Crippen molar-refractivity contribution in [3.8, 4) is 0 Å². The predicted octanol–water partition coefficient (Wildman–Crippen LogP) is 2.26. The van der Waals surface area contributed by atoms with Gasteiger partial charge in [-0.05, 0) is 25.8 Å². The summed E-state index contributed by atoms with van der Waals surface area (Å²) in [7, 11) is 0. The van der Waals surface area contributed by atoms with Crippen molar-refractivity contribution in [1.29, 1.82) is 0 Å². The number of piperidine rings is 1. The van der Waals surface area contributed by atoms with Crippen molar-refractivity contribution in [2.24, 2.45) is 5.92 Å². The summed E-state index contributed by atoms with van der Waals surface area (Å²) in [4.78, 5) is 0. The smallest absolute Gasteiger partial charge is 0.0885 e. The molecule has 0 radical (unpaired) electrons. The lowest BCUT2D eigenvalue weighted by atomic mass is 9.95. The molecular formula is C9H17NO. The molecular weight excluding hydrogens is 138 g/mol. The molecule has 1 heterocycles. The van der Waals surface area contributed by atoms with Crippen LogP contribution in [0.4, 0.5) is 0 Å². The van der Waals surface area contributed by atoms with Crippen LogP contribution in [-0.4, -0.2) is 17.7 Å². The fourth-order valence-electron chi connectivity index (χ4n) is 1.77. The van der Waals surface area contributed by atoms with Crippen molar-refractivity contribution in [3.63, 3.8) is 0 Å². The minimum Gasteiger partial charge on any atom is -0.628 e. The van der Waals surface area contributed by atoms with E-state index in [0.717, 1.165) is 25.9 Å². The van der Waals surface area contributed by atoms with E-state index in [1.165, 1.54) is 6.42 Å². The van der Waals surface area contributed by atoms with Gasteiger partial charge < -0.3 is 9.85 Å². The summed E-state index contributed by atoms with van der Waals surface area (Å²) >= 11 is 0. The van der Waals surface area contributed by atoms with Crippen LogP contribution in [0.3, 0.4) is 0 Å². The molecule has 0 aromatic rings. The normalized spacial score (nSPS) is 38.5. The SMILES string of the molecule is C=C[N+]1([O-])CCCC(CC)C1. The summed E-state index contributed by atoms with van der Waals surface area (Å²) in [6, 6.07) is 0. The van der Waals surface area contributed by atoms with E-state index in [1.54, 1.807) is 6.20 Å². The number of nitrogens with zero attached hydrogens (tertiary/aromatic N) is 1. The molecule has 0 spiro atoms. The fraction of sp³-hybridized carbons (Fsp3) is 0.778. The molecule has 1 aliphatic rings. The van der Waals surface area contributed by atoms with Crippen LogP contribution in [0.1, 0.15) is 26.2 Å². The largest absolute Gasteiger partial charge is 0.628 e. The molecule has 0 N–H and O–H groups in total. The zero-order valence-corrected chi connectivity index (χ0v) is 7.25. The maximum atomic E-state index is 11.7. The Bertz CT molecular complexity index is 146. The van der Waals surface area contributed by atoms with Gasteiger partial charge in [0.15, 0.2) is 0 Å². The van der Waals surface area contributed by atoms with Crippen molar-refractivity contribution in [1.82, 2.24) is 0 Å². The first kappa shape index (κ1) is 8.75. The fourth-order valence-corrected chi connectivity index (χ4v) is 1.77. The Morgan fingerprint density at radius 1 is 1.73 bits per heavy atom. The summed E-state index contributed by atoms with van der Waals surface area (Å²) in [6.07, 6.45) is 4.97. The van der Waals surface area contributed by atoms with Gasteiger partial charge in [0.2, 0.25) is 0 Å². The Balaban J connectivity index is 2.51. The van der Waals surface area contributed by atoms with Gasteiger partial charge in [-0.1, -0.05) is 6.92 Å². The van der Waals surface area contributed by atoms with Gasteiger partial charge >= 0.3 is 0 Å². The lowest BCUT2D eigenvalue weighted by Gasteiger charge is -2.44. The van der Waals surface area contributed by atoms with E-state index in [2.05, 4.69) is 13.5 Å². The molecule has 1 fully saturated rings. The predicted molar refractivity (Wildman–Crippen MR) is 46.6 cm³/mol. The van der Waals surface area contributed by atoms with Crippen LogP contribution in [0.15, 0.2) is 12.8 Å². The number of hydroxylamine groups is 3. The Kier molecular flexibility index (Phi) is 2.68. The van der Waals surface area contributed by atoms with Crippen molar-refractivity contribution in [2.75, 3.05) is 13.1 Å². The Hall–Kier alpha value is -0.340. The highest BCUT2D eigenvalue weighted by Gasteiger charge is 2.24. The standard InChI is InChI=1S/C9H17NO/c1-3-9-6-5-7-10(11,4-2)8-9/h4,9H,2-3,5-8H2,1H3. The maximum absolute atomic E-state index is 11.7. The van der Waals surface area contributed by atoms with E-state index in [-0.39, 0.29) is 4.65 Å². The number of hydrogen-bond donors (Lipinski definition) is 0. The van der Waals surface area contributed by atoms with Crippen molar-refractivity contribution in [2.45, 2.75) is 26.2 Å². The van der Waals surface area contributed by atoms with E-state index in [0.29, 0.717) is 5.92 Å². The Labute approximate surface area is 68.7 Å². The first-order valence-corrected chi connectivity index (χ1v) is 4.41. The van der Waals surface area contributed by atoms with E-state index >= 15 is 0 Å². The minimum absolute atomic E-state index is 0.168. The molecule has 0 bridgehead atoms. The molecule has 2 nitrogen and oxygen atoms in total. The molecule has 1 rings (SSSR count). The topological polar surface area (TPSA) is 23.1 Å². The van der Waals surface area contributed by atoms with Crippen molar-refractivity contribution in [3.05, 3.63) is 18.0 Å². The third-order valence-electron chi connectivity index (χ3n) is 2.63.